The van der Waals surface area contributed by atoms with Crippen molar-refractivity contribution in [2.45, 2.75) is 33.2 Å². The number of nitrogens with zero attached hydrogens (tertiary/aromatic N) is 4. The number of nitrogens with one attached hydrogen (secondary N) is 1. The Morgan fingerprint density at radius 1 is 1.14 bits per heavy atom. The molecule has 1 N–H and O–H groups in total. The Morgan fingerprint density at radius 3 is 2.54 bits per heavy atom. The summed E-state index contributed by atoms with van der Waals surface area (Å²) in [6, 6.07) is 7.62. The topological polar surface area (TPSA) is 84.4 Å². The molecule has 1 aromatic heterocycles. The highest BCUT2D eigenvalue weighted by molar-refractivity contribution is 5.95. The third-order valence-electron chi connectivity index (χ3n) is 5.39. The van der Waals surface area contributed by atoms with E-state index in [1.165, 1.54) is 0 Å². The lowest BCUT2D eigenvalue weighted by Crippen LogP contribution is -2.37. The SMILES string of the molecule is COc1ccc(NC2=NC3(C)C(=CC(c4c(C)noc4C)=CC3C)N=N2)cc1. The van der Waals surface area contributed by atoms with Crippen molar-refractivity contribution in [3.05, 3.63) is 59.1 Å². The number of allylic oxidation sites excluding steroid dienone is 2. The summed E-state index contributed by atoms with van der Waals surface area (Å²) >= 11 is 0. The van der Waals surface area contributed by atoms with Crippen molar-refractivity contribution in [2.24, 2.45) is 21.1 Å². The van der Waals surface area contributed by atoms with Gasteiger partial charge in [0, 0.05) is 17.2 Å². The van der Waals surface area contributed by atoms with Crippen molar-refractivity contribution in [3.8, 4) is 5.75 Å². The molecule has 0 spiro atoms. The summed E-state index contributed by atoms with van der Waals surface area (Å²) in [5.41, 5.74) is 4.16. The van der Waals surface area contributed by atoms with Crippen LogP contribution in [0.3, 0.4) is 0 Å². The minimum atomic E-state index is -0.487. The van der Waals surface area contributed by atoms with Crippen LogP contribution in [0, 0.1) is 19.8 Å². The molecule has 2 heterocycles. The van der Waals surface area contributed by atoms with Crippen molar-refractivity contribution in [2.75, 3.05) is 12.4 Å². The first kappa shape index (κ1) is 18.2. The fourth-order valence-electron chi connectivity index (χ4n) is 3.55. The average Bonchev–Trinajstić information content (AvgIpc) is 3.01. The van der Waals surface area contributed by atoms with Crippen LogP contribution in [0.5, 0.6) is 5.75 Å². The second-order valence-electron chi connectivity index (χ2n) is 7.28. The van der Waals surface area contributed by atoms with Crippen LogP contribution in [0.4, 0.5) is 5.69 Å². The molecule has 0 fully saturated rings. The predicted molar refractivity (Wildman–Crippen MR) is 109 cm³/mol. The lowest BCUT2D eigenvalue weighted by atomic mass is 9.77. The van der Waals surface area contributed by atoms with Crippen molar-refractivity contribution in [3.63, 3.8) is 0 Å². The van der Waals surface area contributed by atoms with Crippen molar-refractivity contribution in [1.29, 1.82) is 0 Å². The number of ether oxygens (including phenoxy) is 1. The van der Waals surface area contributed by atoms with Crippen molar-refractivity contribution in [1.82, 2.24) is 5.16 Å². The molecule has 2 aliphatic rings. The number of guanidine groups is 1. The minimum Gasteiger partial charge on any atom is -0.497 e. The second-order valence-corrected chi connectivity index (χ2v) is 7.28. The summed E-state index contributed by atoms with van der Waals surface area (Å²) in [5.74, 6) is 2.22. The summed E-state index contributed by atoms with van der Waals surface area (Å²) < 4.78 is 10.5. The number of hydrogen-bond donors (Lipinski definition) is 1. The summed E-state index contributed by atoms with van der Waals surface area (Å²) in [4.78, 5) is 4.88. The van der Waals surface area contributed by atoms with E-state index in [0.29, 0.717) is 5.96 Å². The monoisotopic (exact) mass is 377 g/mol. The maximum absolute atomic E-state index is 5.32. The summed E-state index contributed by atoms with van der Waals surface area (Å²) in [5, 5.41) is 16.1. The molecular formula is C21H23N5O2. The maximum atomic E-state index is 5.32. The van der Waals surface area contributed by atoms with Gasteiger partial charge in [0.25, 0.3) is 0 Å². The Balaban J connectivity index is 1.62. The van der Waals surface area contributed by atoms with Gasteiger partial charge in [0.05, 0.1) is 18.5 Å². The van der Waals surface area contributed by atoms with Crippen molar-refractivity contribution >= 4 is 17.2 Å². The normalized spacial score (nSPS) is 23.5. The number of benzene rings is 1. The number of aryl methyl sites for hydroxylation is 2. The first-order chi connectivity index (χ1) is 13.4. The van der Waals surface area contributed by atoms with Crippen LogP contribution in [0.15, 0.2) is 61.9 Å². The first-order valence-corrected chi connectivity index (χ1v) is 9.20. The Bertz CT molecular complexity index is 1010. The zero-order valence-corrected chi connectivity index (χ0v) is 16.6. The van der Waals surface area contributed by atoms with E-state index >= 15 is 0 Å². The van der Waals surface area contributed by atoms with Gasteiger partial charge in [-0.25, -0.2) is 4.99 Å². The molecule has 2 aromatic rings. The number of azo groups is 1. The summed E-state index contributed by atoms with van der Waals surface area (Å²) in [7, 11) is 1.64. The minimum absolute atomic E-state index is 0.128. The van der Waals surface area contributed by atoms with E-state index in [1.54, 1.807) is 7.11 Å². The number of aliphatic imine (C=N–C) groups is 1. The molecule has 0 saturated heterocycles. The van der Waals surface area contributed by atoms with E-state index in [1.807, 2.05) is 44.2 Å². The zero-order chi connectivity index (χ0) is 19.9. The Morgan fingerprint density at radius 2 is 1.89 bits per heavy atom. The smallest absolute Gasteiger partial charge is 0.243 e. The molecular weight excluding hydrogens is 354 g/mol. The van der Waals surface area contributed by atoms with Gasteiger partial charge < -0.3 is 14.6 Å². The molecule has 0 saturated carbocycles. The molecule has 1 aromatic carbocycles. The molecule has 1 aliphatic heterocycles. The van der Waals surface area contributed by atoms with Crippen LogP contribution < -0.4 is 10.1 Å². The molecule has 2 atom stereocenters. The van der Waals surface area contributed by atoms with Gasteiger partial charge in [-0.15, -0.1) is 10.2 Å². The predicted octanol–water partition coefficient (Wildman–Crippen LogP) is 4.91. The third-order valence-corrected chi connectivity index (χ3v) is 5.39. The van der Waals surface area contributed by atoms with E-state index < -0.39 is 5.54 Å². The highest BCUT2D eigenvalue weighted by Gasteiger charge is 2.40. The summed E-state index contributed by atoms with van der Waals surface area (Å²) in [6.45, 7) is 8.09. The van der Waals surface area contributed by atoms with Gasteiger partial charge in [0.15, 0.2) is 0 Å². The number of fused-ring (bicyclic) bond motifs is 1. The van der Waals surface area contributed by atoms with Crippen LogP contribution in [0.2, 0.25) is 0 Å². The molecule has 144 valence electrons. The van der Waals surface area contributed by atoms with Gasteiger partial charge in [-0.3, -0.25) is 0 Å². The number of methoxy groups -OCH3 is 1. The molecule has 4 rings (SSSR count). The van der Waals surface area contributed by atoms with Crippen LogP contribution >= 0.6 is 0 Å². The van der Waals surface area contributed by atoms with Crippen LogP contribution in [0.25, 0.3) is 5.57 Å². The van der Waals surface area contributed by atoms with E-state index in [0.717, 1.165) is 39.7 Å². The van der Waals surface area contributed by atoms with Crippen molar-refractivity contribution < 1.29 is 9.26 Å². The molecule has 7 nitrogen and oxygen atoms in total. The largest absolute Gasteiger partial charge is 0.497 e. The fraction of sp³-hybridized carbons (Fsp3) is 0.333. The Labute approximate surface area is 163 Å². The molecule has 28 heavy (non-hydrogen) atoms. The number of anilines is 1. The van der Waals surface area contributed by atoms with Crippen LogP contribution in [-0.2, 0) is 0 Å². The van der Waals surface area contributed by atoms with Crippen LogP contribution in [-0.4, -0.2) is 23.8 Å². The maximum Gasteiger partial charge on any atom is 0.243 e. The molecule has 0 bridgehead atoms. The zero-order valence-electron chi connectivity index (χ0n) is 16.6. The molecule has 1 aliphatic carbocycles. The van der Waals surface area contributed by atoms with E-state index in [9.17, 15) is 0 Å². The quantitative estimate of drug-likeness (QED) is 0.824. The highest BCUT2D eigenvalue weighted by Crippen LogP contribution is 2.42. The van der Waals surface area contributed by atoms with Gasteiger partial charge in [-0.1, -0.05) is 18.2 Å². The van der Waals surface area contributed by atoms with Gasteiger partial charge >= 0.3 is 0 Å². The van der Waals surface area contributed by atoms with Crippen LogP contribution in [0.1, 0.15) is 30.9 Å². The Hall–Kier alpha value is -3.22. The van der Waals surface area contributed by atoms with Gasteiger partial charge in [-0.2, -0.15) is 0 Å². The molecule has 2 unspecified atom stereocenters. The summed E-state index contributed by atoms with van der Waals surface area (Å²) in [6.07, 6.45) is 4.23. The van der Waals surface area contributed by atoms with E-state index in [-0.39, 0.29) is 5.92 Å². The number of rotatable bonds is 3. The lowest BCUT2D eigenvalue weighted by Gasteiger charge is -2.35. The second kappa shape index (κ2) is 6.74. The third kappa shape index (κ3) is 3.02. The standard InChI is InChI=1S/C21H23N5O2/c1-12-10-15(19-13(2)26-28-14(19)3)11-18-21(12,4)23-20(25-24-18)22-16-6-8-17(27-5)9-7-16/h6-12H,1-5H3,(H,22,23). The fourth-order valence-corrected chi connectivity index (χ4v) is 3.55. The number of hydrogen-bond acceptors (Lipinski definition) is 7. The van der Waals surface area contributed by atoms with Gasteiger partial charge in [-0.05, 0) is 56.7 Å². The molecule has 0 radical (unpaired) electrons. The van der Waals surface area contributed by atoms with Gasteiger partial charge in [0.1, 0.15) is 17.0 Å². The highest BCUT2D eigenvalue weighted by atomic mass is 16.5. The number of aromatic nitrogens is 1. The lowest BCUT2D eigenvalue weighted by molar-refractivity contribution is 0.393. The Kier molecular flexibility index (Phi) is 4.37. The van der Waals surface area contributed by atoms with E-state index in [4.69, 9.17) is 14.3 Å². The van der Waals surface area contributed by atoms with E-state index in [2.05, 4.69) is 40.6 Å². The molecule has 0 amide bonds. The van der Waals surface area contributed by atoms with Gasteiger partial charge in [0.2, 0.25) is 5.96 Å². The average molecular weight is 377 g/mol. The molecule has 7 heteroatoms. The first-order valence-electron chi connectivity index (χ1n) is 9.20.